The number of ether oxygens (including phenoxy) is 2. The number of carbonyl (C=O) groups excluding carboxylic acids is 2. The lowest BCUT2D eigenvalue weighted by atomic mass is 10.0. The molecule has 406 valence electrons. The predicted molar refractivity (Wildman–Crippen MR) is 298 cm³/mol. The molecule has 0 bridgehead atoms. The normalized spacial score (nSPS) is 13.9. The van der Waals surface area contributed by atoms with E-state index in [1.54, 1.807) is 0 Å². The fourth-order valence-corrected chi connectivity index (χ4v) is 8.55. The molecule has 0 rings (SSSR count). The molecular formula is C60H109NO8P+. The van der Waals surface area contributed by atoms with Crippen molar-refractivity contribution < 1.29 is 42.1 Å². The second-order valence-electron chi connectivity index (χ2n) is 20.3. The number of rotatable bonds is 52. The van der Waals surface area contributed by atoms with Crippen LogP contribution in [0.5, 0.6) is 0 Å². The monoisotopic (exact) mass is 1000 g/mol. The average molecular weight is 1000 g/mol. The van der Waals surface area contributed by atoms with Crippen LogP contribution >= 0.6 is 7.82 Å². The minimum Gasteiger partial charge on any atom is -0.462 e. The van der Waals surface area contributed by atoms with Gasteiger partial charge in [-0.15, -0.1) is 0 Å². The molecule has 9 nitrogen and oxygen atoms in total. The van der Waals surface area contributed by atoms with Gasteiger partial charge in [-0.3, -0.25) is 18.6 Å². The lowest BCUT2D eigenvalue weighted by molar-refractivity contribution is -0.870. The van der Waals surface area contributed by atoms with Crippen molar-refractivity contribution in [2.45, 2.75) is 251 Å². The van der Waals surface area contributed by atoms with Crippen molar-refractivity contribution in [3.05, 3.63) is 72.9 Å². The summed E-state index contributed by atoms with van der Waals surface area (Å²) in [5.41, 5.74) is 0. The van der Waals surface area contributed by atoms with Crippen LogP contribution in [0.2, 0.25) is 0 Å². The smallest absolute Gasteiger partial charge is 0.462 e. The van der Waals surface area contributed by atoms with E-state index < -0.39 is 26.5 Å². The second-order valence-corrected chi connectivity index (χ2v) is 21.7. The van der Waals surface area contributed by atoms with Crippen LogP contribution in [0.25, 0.3) is 0 Å². The van der Waals surface area contributed by atoms with Gasteiger partial charge < -0.3 is 18.9 Å². The third-order valence-electron chi connectivity index (χ3n) is 12.2. The van der Waals surface area contributed by atoms with Crippen molar-refractivity contribution in [1.29, 1.82) is 0 Å². The highest BCUT2D eigenvalue weighted by Crippen LogP contribution is 2.43. The number of phosphoric acid groups is 1. The maximum Gasteiger partial charge on any atom is 0.472 e. The zero-order valence-corrected chi connectivity index (χ0v) is 46.9. The molecular weight excluding hydrogens is 894 g/mol. The maximum absolute atomic E-state index is 12.8. The van der Waals surface area contributed by atoms with Crippen LogP contribution in [0.15, 0.2) is 72.9 Å². The SMILES string of the molecule is CC/C=C\C/C=C\C/C=C\C/C=C\CCCCCCCCCCCCCCCCCCCCCCC(=O)OC(COC(=O)CCCCCCC/C=C\C/C=C\CCC)COP(=O)(O)OCC[N+](C)(C)C. The van der Waals surface area contributed by atoms with Crippen LogP contribution in [0.3, 0.4) is 0 Å². The van der Waals surface area contributed by atoms with Gasteiger partial charge in [0.05, 0.1) is 27.7 Å². The summed E-state index contributed by atoms with van der Waals surface area (Å²) in [6, 6.07) is 0. The third-order valence-corrected chi connectivity index (χ3v) is 13.2. The molecule has 10 heteroatoms. The van der Waals surface area contributed by atoms with E-state index in [4.69, 9.17) is 18.5 Å². The number of allylic oxidation sites excluding steroid dienone is 12. The van der Waals surface area contributed by atoms with Crippen LogP contribution in [0, 0.1) is 0 Å². The van der Waals surface area contributed by atoms with E-state index in [2.05, 4.69) is 86.8 Å². The van der Waals surface area contributed by atoms with Crippen LogP contribution in [-0.2, 0) is 32.7 Å². The van der Waals surface area contributed by atoms with Crippen molar-refractivity contribution in [1.82, 2.24) is 0 Å². The molecule has 0 fully saturated rings. The number of nitrogens with zero attached hydrogens (tertiary/aromatic N) is 1. The molecule has 0 aromatic heterocycles. The standard InChI is InChI=1S/C60H108NO8P/c1-6-8-10-12-14-16-18-20-21-22-23-24-25-26-27-28-29-30-31-32-33-34-35-36-37-38-39-41-43-45-47-49-51-53-60(63)69-58(57-68-70(64,65)67-55-54-61(3,4)5)56-66-59(62)52-50-48-46-44-42-40-19-17-15-13-11-9-7-2/h8,10-11,13-14,16-17,19-21,23-24,58H,6-7,9,12,15,18,22,25-57H2,1-5H3/p+1/b10-8-,13-11-,16-14-,19-17-,21-20-,24-23-. The zero-order valence-electron chi connectivity index (χ0n) is 46.0. The number of likely N-dealkylation sites (N-methyl/N-ethyl adjacent to an activating group) is 1. The summed E-state index contributed by atoms with van der Waals surface area (Å²) in [5.74, 6) is -0.810. The maximum atomic E-state index is 12.8. The molecule has 0 aliphatic carbocycles. The topological polar surface area (TPSA) is 108 Å². The van der Waals surface area contributed by atoms with Gasteiger partial charge in [-0.25, -0.2) is 4.57 Å². The molecule has 0 saturated carbocycles. The van der Waals surface area contributed by atoms with Crippen LogP contribution in [0.4, 0.5) is 0 Å². The van der Waals surface area contributed by atoms with E-state index in [1.165, 1.54) is 122 Å². The first-order chi connectivity index (χ1) is 34.0. The van der Waals surface area contributed by atoms with Gasteiger partial charge in [0.15, 0.2) is 6.10 Å². The van der Waals surface area contributed by atoms with Gasteiger partial charge in [-0.2, -0.15) is 0 Å². The first-order valence-corrected chi connectivity index (χ1v) is 30.2. The van der Waals surface area contributed by atoms with Gasteiger partial charge in [-0.1, -0.05) is 228 Å². The van der Waals surface area contributed by atoms with E-state index in [-0.39, 0.29) is 32.0 Å². The Morgan fingerprint density at radius 3 is 1.21 bits per heavy atom. The van der Waals surface area contributed by atoms with Gasteiger partial charge in [0.1, 0.15) is 19.8 Å². The molecule has 0 amide bonds. The van der Waals surface area contributed by atoms with Crippen LogP contribution < -0.4 is 0 Å². The van der Waals surface area contributed by atoms with Gasteiger partial charge in [0, 0.05) is 12.8 Å². The molecule has 2 unspecified atom stereocenters. The summed E-state index contributed by atoms with van der Waals surface area (Å²) in [6.07, 6.45) is 67.0. The first kappa shape index (κ1) is 67.5. The zero-order chi connectivity index (χ0) is 51.3. The fraction of sp³-hybridized carbons (Fsp3) is 0.767. The summed E-state index contributed by atoms with van der Waals surface area (Å²) in [5, 5.41) is 0. The first-order valence-electron chi connectivity index (χ1n) is 28.7. The number of hydrogen-bond acceptors (Lipinski definition) is 7. The Bertz CT molecular complexity index is 1410. The Morgan fingerprint density at radius 1 is 0.457 bits per heavy atom. The van der Waals surface area contributed by atoms with E-state index in [0.29, 0.717) is 17.4 Å². The van der Waals surface area contributed by atoms with Gasteiger partial charge in [0.25, 0.3) is 0 Å². The molecule has 70 heavy (non-hydrogen) atoms. The van der Waals surface area contributed by atoms with E-state index >= 15 is 0 Å². The lowest BCUT2D eigenvalue weighted by Gasteiger charge is -2.24. The molecule has 0 spiro atoms. The largest absolute Gasteiger partial charge is 0.472 e. The number of phosphoric ester groups is 1. The third kappa shape index (κ3) is 54.8. The van der Waals surface area contributed by atoms with E-state index in [9.17, 15) is 19.0 Å². The Hall–Kier alpha value is -2.55. The minimum atomic E-state index is -4.39. The molecule has 0 aliphatic rings. The van der Waals surface area contributed by atoms with Crippen LogP contribution in [0.1, 0.15) is 245 Å². The van der Waals surface area contributed by atoms with E-state index in [0.717, 1.165) is 89.9 Å². The molecule has 0 radical (unpaired) electrons. The fourth-order valence-electron chi connectivity index (χ4n) is 7.81. The van der Waals surface area contributed by atoms with E-state index in [1.807, 2.05) is 21.1 Å². The summed E-state index contributed by atoms with van der Waals surface area (Å²) >= 11 is 0. The Labute approximate surface area is 431 Å². The highest BCUT2D eigenvalue weighted by Gasteiger charge is 2.27. The summed E-state index contributed by atoms with van der Waals surface area (Å²) in [7, 11) is 1.47. The lowest BCUT2D eigenvalue weighted by Crippen LogP contribution is -2.37. The highest BCUT2D eigenvalue weighted by atomic mass is 31.2. The number of esters is 2. The number of quaternary nitrogens is 1. The van der Waals surface area contributed by atoms with Crippen LogP contribution in [-0.4, -0.2) is 74.9 Å². The van der Waals surface area contributed by atoms with Crippen molar-refractivity contribution in [2.24, 2.45) is 0 Å². The molecule has 1 N–H and O–H groups in total. The summed E-state index contributed by atoms with van der Waals surface area (Å²) < 4.78 is 34.5. The summed E-state index contributed by atoms with van der Waals surface area (Å²) in [4.78, 5) is 35.6. The highest BCUT2D eigenvalue weighted by molar-refractivity contribution is 7.47. The second kappa shape index (κ2) is 51.4. The number of unbranched alkanes of at least 4 members (excludes halogenated alkanes) is 26. The van der Waals surface area contributed by atoms with Gasteiger partial charge in [-0.05, 0) is 77.0 Å². The Kier molecular flexibility index (Phi) is 49.5. The average Bonchev–Trinajstić information content (AvgIpc) is 3.32. The molecule has 0 aliphatic heterocycles. The molecule has 0 saturated heterocycles. The Balaban J connectivity index is 4.01. The molecule has 0 aromatic rings. The summed E-state index contributed by atoms with van der Waals surface area (Å²) in [6.45, 7) is 4.25. The molecule has 2 atom stereocenters. The number of carbonyl (C=O) groups is 2. The quantitative estimate of drug-likeness (QED) is 0.0211. The van der Waals surface area contributed by atoms with Crippen molar-refractivity contribution in [3.8, 4) is 0 Å². The van der Waals surface area contributed by atoms with Gasteiger partial charge in [0.2, 0.25) is 0 Å². The molecule has 0 heterocycles. The van der Waals surface area contributed by atoms with Gasteiger partial charge >= 0.3 is 19.8 Å². The van der Waals surface area contributed by atoms with Crippen molar-refractivity contribution in [3.63, 3.8) is 0 Å². The van der Waals surface area contributed by atoms with Crippen molar-refractivity contribution in [2.75, 3.05) is 47.5 Å². The number of hydrogen-bond donors (Lipinski definition) is 1. The minimum absolute atomic E-state index is 0.0284. The predicted octanol–water partition coefficient (Wildman–Crippen LogP) is 17.7. The molecule has 0 aromatic carbocycles. The van der Waals surface area contributed by atoms with Crippen molar-refractivity contribution >= 4 is 19.8 Å². The Morgan fingerprint density at radius 2 is 0.814 bits per heavy atom.